The number of likely N-dealkylation sites (tertiary alicyclic amines) is 1. The maximum Gasteiger partial charge on any atom is 0.242 e. The Balaban J connectivity index is 1.39. The zero-order valence-corrected chi connectivity index (χ0v) is 16.9. The minimum atomic E-state index is -0.412. The van der Waals surface area contributed by atoms with E-state index in [4.69, 9.17) is 4.74 Å². The molecule has 30 heavy (non-hydrogen) atoms. The fourth-order valence-corrected chi connectivity index (χ4v) is 3.97. The quantitative estimate of drug-likeness (QED) is 0.599. The lowest BCUT2D eigenvalue weighted by atomic mass is 10.0. The summed E-state index contributed by atoms with van der Waals surface area (Å²) in [6.45, 7) is 2.46. The van der Waals surface area contributed by atoms with Crippen molar-refractivity contribution >= 4 is 16.8 Å². The first-order chi connectivity index (χ1) is 14.7. The van der Waals surface area contributed by atoms with Crippen molar-refractivity contribution in [2.45, 2.75) is 25.3 Å². The van der Waals surface area contributed by atoms with E-state index in [9.17, 15) is 9.18 Å². The van der Waals surface area contributed by atoms with Crippen LogP contribution in [0.25, 0.3) is 10.9 Å². The molecule has 0 aliphatic carbocycles. The van der Waals surface area contributed by atoms with Crippen LogP contribution in [0.1, 0.15) is 30.9 Å². The van der Waals surface area contributed by atoms with E-state index in [1.165, 1.54) is 18.6 Å². The van der Waals surface area contributed by atoms with Crippen LogP contribution in [0, 0.1) is 5.82 Å². The third-order valence-corrected chi connectivity index (χ3v) is 5.44. The van der Waals surface area contributed by atoms with E-state index < -0.39 is 6.04 Å². The van der Waals surface area contributed by atoms with Crippen molar-refractivity contribution in [1.29, 1.82) is 0 Å². The highest BCUT2D eigenvalue weighted by atomic mass is 19.1. The number of hydrogen-bond acceptors (Lipinski definition) is 4. The van der Waals surface area contributed by atoms with Crippen LogP contribution in [-0.2, 0) is 4.79 Å². The number of ether oxygens (including phenoxy) is 1. The number of amides is 1. The van der Waals surface area contributed by atoms with Crippen LogP contribution >= 0.6 is 0 Å². The summed E-state index contributed by atoms with van der Waals surface area (Å²) in [5.74, 6) is 0.324. The maximum atomic E-state index is 13.4. The van der Waals surface area contributed by atoms with Gasteiger partial charge in [0.1, 0.15) is 29.7 Å². The summed E-state index contributed by atoms with van der Waals surface area (Å²) in [6.07, 6.45) is 5.06. The molecule has 0 radical (unpaired) electrons. The Bertz CT molecular complexity index is 982. The van der Waals surface area contributed by atoms with Crippen LogP contribution in [0.2, 0.25) is 0 Å². The Hall–Kier alpha value is -2.99. The van der Waals surface area contributed by atoms with Gasteiger partial charge < -0.3 is 10.1 Å². The van der Waals surface area contributed by atoms with E-state index >= 15 is 0 Å². The number of nitrogens with zero attached hydrogens (tertiary/aromatic N) is 2. The maximum absolute atomic E-state index is 13.4. The molecule has 4 rings (SSSR count). The van der Waals surface area contributed by atoms with E-state index in [0.29, 0.717) is 18.9 Å². The molecule has 6 heteroatoms. The summed E-state index contributed by atoms with van der Waals surface area (Å²) < 4.78 is 19.3. The normalized spacial score (nSPS) is 15.6. The lowest BCUT2D eigenvalue weighted by Gasteiger charge is -2.34. The average molecular weight is 407 g/mol. The molecule has 3 aromatic rings. The molecule has 0 spiro atoms. The standard InChI is InChI=1S/C24H26FN3O2/c25-20-11-9-19(10-12-20)23(28-15-2-1-3-16-28)24(29)27-14-17-30-21-8-4-6-18-7-5-13-26-22(18)21/h4-13,23H,1-3,14-17H2,(H,27,29). The second-order valence-electron chi connectivity index (χ2n) is 7.52. The molecule has 1 N–H and O–H groups in total. The zero-order chi connectivity index (χ0) is 20.8. The van der Waals surface area contributed by atoms with Crippen molar-refractivity contribution in [1.82, 2.24) is 15.2 Å². The molecule has 1 aliphatic rings. The Labute approximate surface area is 175 Å². The van der Waals surface area contributed by atoms with Crippen molar-refractivity contribution in [3.05, 3.63) is 72.2 Å². The molecule has 0 bridgehead atoms. The summed E-state index contributed by atoms with van der Waals surface area (Å²) >= 11 is 0. The molecular formula is C24H26FN3O2. The van der Waals surface area contributed by atoms with Gasteiger partial charge in [0.15, 0.2) is 0 Å². The van der Waals surface area contributed by atoms with Gasteiger partial charge >= 0.3 is 0 Å². The van der Waals surface area contributed by atoms with Crippen LogP contribution in [-0.4, -0.2) is 42.0 Å². The average Bonchev–Trinajstić information content (AvgIpc) is 2.79. The predicted molar refractivity (Wildman–Crippen MR) is 115 cm³/mol. The second-order valence-corrected chi connectivity index (χ2v) is 7.52. The predicted octanol–water partition coefficient (Wildman–Crippen LogP) is 4.10. The number of pyridine rings is 1. The topological polar surface area (TPSA) is 54.5 Å². The van der Waals surface area contributed by atoms with Gasteiger partial charge in [-0.3, -0.25) is 14.7 Å². The molecule has 1 amide bonds. The highest BCUT2D eigenvalue weighted by molar-refractivity contribution is 5.84. The number of hydrogen-bond donors (Lipinski definition) is 1. The molecule has 0 saturated carbocycles. The first kappa shape index (κ1) is 20.3. The highest BCUT2D eigenvalue weighted by Crippen LogP contribution is 2.25. The molecule has 1 aromatic heterocycles. The first-order valence-corrected chi connectivity index (χ1v) is 10.5. The molecule has 1 aliphatic heterocycles. The van der Waals surface area contributed by atoms with Gasteiger partial charge in [0.25, 0.3) is 0 Å². The van der Waals surface area contributed by atoms with Crippen molar-refractivity contribution in [2.75, 3.05) is 26.2 Å². The number of nitrogens with one attached hydrogen (secondary N) is 1. The van der Waals surface area contributed by atoms with Gasteiger partial charge in [0.2, 0.25) is 5.91 Å². The van der Waals surface area contributed by atoms with Gasteiger partial charge in [0.05, 0.1) is 6.54 Å². The number of fused-ring (bicyclic) bond motifs is 1. The highest BCUT2D eigenvalue weighted by Gasteiger charge is 2.28. The number of piperidine rings is 1. The Morgan fingerprint density at radius 1 is 1.07 bits per heavy atom. The number of aromatic nitrogens is 1. The fraction of sp³-hybridized carbons (Fsp3) is 0.333. The van der Waals surface area contributed by atoms with E-state index in [-0.39, 0.29) is 11.7 Å². The molecule has 1 saturated heterocycles. The zero-order valence-electron chi connectivity index (χ0n) is 16.9. The van der Waals surface area contributed by atoms with Gasteiger partial charge in [-0.2, -0.15) is 0 Å². The number of carbonyl (C=O) groups excluding carboxylic acids is 1. The fourth-order valence-electron chi connectivity index (χ4n) is 3.97. The molecule has 156 valence electrons. The minimum absolute atomic E-state index is 0.0804. The minimum Gasteiger partial charge on any atom is -0.489 e. The monoisotopic (exact) mass is 407 g/mol. The van der Waals surface area contributed by atoms with E-state index in [1.54, 1.807) is 18.3 Å². The lowest BCUT2D eigenvalue weighted by molar-refractivity contribution is -0.127. The van der Waals surface area contributed by atoms with Gasteiger partial charge in [0, 0.05) is 11.6 Å². The summed E-state index contributed by atoms with van der Waals surface area (Å²) in [7, 11) is 0. The van der Waals surface area contributed by atoms with Crippen LogP contribution in [0.4, 0.5) is 4.39 Å². The summed E-state index contributed by atoms with van der Waals surface area (Å²) in [5, 5.41) is 4.01. The van der Waals surface area contributed by atoms with Crippen LogP contribution in [0.15, 0.2) is 60.8 Å². The number of rotatable bonds is 7. The molecule has 2 heterocycles. The molecule has 1 atom stereocenters. The summed E-state index contributed by atoms with van der Waals surface area (Å²) in [4.78, 5) is 19.6. The summed E-state index contributed by atoms with van der Waals surface area (Å²) in [5.41, 5.74) is 1.62. The third kappa shape index (κ3) is 4.76. The Morgan fingerprint density at radius 2 is 1.83 bits per heavy atom. The molecule has 5 nitrogen and oxygen atoms in total. The lowest BCUT2D eigenvalue weighted by Crippen LogP contribution is -2.43. The Morgan fingerprint density at radius 3 is 2.63 bits per heavy atom. The van der Waals surface area contributed by atoms with E-state index in [0.717, 1.165) is 42.4 Å². The van der Waals surface area contributed by atoms with Crippen molar-refractivity contribution in [3.63, 3.8) is 0 Å². The molecular weight excluding hydrogens is 381 g/mol. The van der Waals surface area contributed by atoms with Gasteiger partial charge in [-0.1, -0.05) is 36.8 Å². The van der Waals surface area contributed by atoms with Crippen molar-refractivity contribution < 1.29 is 13.9 Å². The summed E-state index contributed by atoms with van der Waals surface area (Å²) in [6, 6.07) is 15.5. The SMILES string of the molecule is O=C(NCCOc1cccc2cccnc12)C(c1ccc(F)cc1)N1CCCCC1. The second kappa shape index (κ2) is 9.67. The van der Waals surface area contributed by atoms with E-state index in [1.807, 2.05) is 30.3 Å². The number of halogens is 1. The number of carbonyl (C=O) groups is 1. The van der Waals surface area contributed by atoms with Crippen LogP contribution in [0.3, 0.4) is 0 Å². The van der Waals surface area contributed by atoms with Gasteiger partial charge in [-0.25, -0.2) is 4.39 Å². The van der Waals surface area contributed by atoms with Gasteiger partial charge in [-0.15, -0.1) is 0 Å². The van der Waals surface area contributed by atoms with Gasteiger partial charge in [-0.05, 0) is 55.8 Å². The molecule has 2 aromatic carbocycles. The molecule has 1 fully saturated rings. The Kier molecular flexibility index (Phi) is 6.54. The van der Waals surface area contributed by atoms with Crippen molar-refractivity contribution in [3.8, 4) is 5.75 Å². The first-order valence-electron chi connectivity index (χ1n) is 10.5. The van der Waals surface area contributed by atoms with Crippen LogP contribution < -0.4 is 10.1 Å². The van der Waals surface area contributed by atoms with Crippen molar-refractivity contribution in [2.24, 2.45) is 0 Å². The largest absolute Gasteiger partial charge is 0.489 e. The molecule has 1 unspecified atom stereocenters. The smallest absolute Gasteiger partial charge is 0.242 e. The number of para-hydroxylation sites is 1. The van der Waals surface area contributed by atoms with E-state index in [2.05, 4.69) is 15.2 Å². The number of benzene rings is 2. The third-order valence-electron chi connectivity index (χ3n) is 5.44. The van der Waals surface area contributed by atoms with Crippen LogP contribution in [0.5, 0.6) is 5.75 Å².